The molecule has 2 aliphatic heterocycles. The van der Waals surface area contributed by atoms with Crippen LogP contribution in [0, 0.1) is 5.92 Å². The summed E-state index contributed by atoms with van der Waals surface area (Å²) in [6, 6.07) is 5.49. The largest absolute Gasteiger partial charge is 0.454 e. The maximum absolute atomic E-state index is 11.7. The van der Waals surface area contributed by atoms with Crippen molar-refractivity contribution in [3.05, 3.63) is 23.8 Å². The van der Waals surface area contributed by atoms with Gasteiger partial charge in [0.1, 0.15) is 0 Å². The molecule has 0 bridgehead atoms. The van der Waals surface area contributed by atoms with E-state index in [2.05, 4.69) is 10.6 Å². The molecule has 0 aliphatic carbocycles. The van der Waals surface area contributed by atoms with Gasteiger partial charge in [-0.15, -0.1) is 0 Å². The van der Waals surface area contributed by atoms with Crippen molar-refractivity contribution in [1.29, 1.82) is 0 Å². The van der Waals surface area contributed by atoms with Crippen LogP contribution in [-0.4, -0.2) is 32.6 Å². The fourth-order valence-electron chi connectivity index (χ4n) is 2.28. The topological polar surface area (TPSA) is 68.8 Å². The van der Waals surface area contributed by atoms with Gasteiger partial charge in [0.05, 0.1) is 6.61 Å². The molecule has 0 aromatic heterocycles. The van der Waals surface area contributed by atoms with Crippen LogP contribution in [0.4, 0.5) is 4.79 Å². The zero-order valence-corrected chi connectivity index (χ0v) is 11.2. The minimum absolute atomic E-state index is 0.158. The second-order valence-corrected chi connectivity index (χ2v) is 4.98. The molecular weight excluding hydrogens is 260 g/mol. The summed E-state index contributed by atoms with van der Waals surface area (Å²) in [6.45, 7) is 2.92. The van der Waals surface area contributed by atoms with Gasteiger partial charge in [0, 0.05) is 25.6 Å². The average molecular weight is 278 g/mol. The van der Waals surface area contributed by atoms with Gasteiger partial charge in [0.2, 0.25) is 6.79 Å². The number of ether oxygens (including phenoxy) is 3. The predicted octanol–water partition coefficient (Wildman–Crippen LogP) is 1.25. The van der Waals surface area contributed by atoms with Crippen LogP contribution in [0.3, 0.4) is 0 Å². The number of amides is 2. The molecule has 2 heterocycles. The molecule has 2 aliphatic rings. The van der Waals surface area contributed by atoms with E-state index in [1.165, 1.54) is 0 Å². The Kier molecular flexibility index (Phi) is 3.92. The second-order valence-electron chi connectivity index (χ2n) is 4.98. The number of carbonyl (C=O) groups is 1. The van der Waals surface area contributed by atoms with Crippen LogP contribution < -0.4 is 20.1 Å². The number of hydrogen-bond acceptors (Lipinski definition) is 4. The first-order chi connectivity index (χ1) is 9.81. The van der Waals surface area contributed by atoms with Crippen LogP contribution in [0.5, 0.6) is 11.5 Å². The molecule has 6 heteroatoms. The van der Waals surface area contributed by atoms with Gasteiger partial charge in [-0.3, -0.25) is 0 Å². The molecule has 1 fully saturated rings. The average Bonchev–Trinajstić information content (AvgIpc) is 3.13. The number of rotatable bonds is 4. The van der Waals surface area contributed by atoms with E-state index in [4.69, 9.17) is 14.2 Å². The van der Waals surface area contributed by atoms with E-state index in [-0.39, 0.29) is 12.8 Å². The first kappa shape index (κ1) is 13.1. The maximum Gasteiger partial charge on any atom is 0.315 e. The Morgan fingerprint density at radius 3 is 3.00 bits per heavy atom. The highest BCUT2D eigenvalue weighted by atomic mass is 16.7. The Bertz CT molecular complexity index is 486. The first-order valence-corrected chi connectivity index (χ1v) is 6.79. The summed E-state index contributed by atoms with van der Waals surface area (Å²) in [5, 5.41) is 5.69. The molecule has 6 nitrogen and oxygen atoms in total. The van der Waals surface area contributed by atoms with Gasteiger partial charge in [-0.05, 0) is 24.1 Å². The van der Waals surface area contributed by atoms with Crippen molar-refractivity contribution in [2.75, 3.05) is 26.6 Å². The van der Waals surface area contributed by atoms with E-state index in [0.29, 0.717) is 19.0 Å². The number of hydrogen-bond donors (Lipinski definition) is 2. The zero-order valence-electron chi connectivity index (χ0n) is 11.2. The van der Waals surface area contributed by atoms with E-state index in [1.807, 2.05) is 18.2 Å². The van der Waals surface area contributed by atoms with Gasteiger partial charge in [0.15, 0.2) is 11.5 Å². The third kappa shape index (κ3) is 3.14. The molecule has 1 aromatic rings. The quantitative estimate of drug-likeness (QED) is 0.869. The number of carbonyl (C=O) groups excluding carboxylic acids is 1. The number of nitrogens with one attached hydrogen (secondary N) is 2. The minimum atomic E-state index is -0.158. The molecule has 2 N–H and O–H groups in total. The van der Waals surface area contributed by atoms with E-state index in [9.17, 15) is 4.79 Å². The number of benzene rings is 1. The molecule has 1 saturated heterocycles. The summed E-state index contributed by atoms with van der Waals surface area (Å²) in [4.78, 5) is 11.7. The normalized spacial score (nSPS) is 19.9. The van der Waals surface area contributed by atoms with E-state index < -0.39 is 0 Å². The van der Waals surface area contributed by atoms with Crippen molar-refractivity contribution >= 4 is 6.03 Å². The lowest BCUT2D eigenvalue weighted by Crippen LogP contribution is -2.38. The van der Waals surface area contributed by atoms with Crippen molar-refractivity contribution in [3.8, 4) is 11.5 Å². The summed E-state index contributed by atoms with van der Waals surface area (Å²) < 4.78 is 15.8. The Morgan fingerprint density at radius 1 is 1.25 bits per heavy atom. The van der Waals surface area contributed by atoms with Crippen LogP contribution in [0.15, 0.2) is 18.2 Å². The van der Waals surface area contributed by atoms with Crippen molar-refractivity contribution < 1.29 is 19.0 Å². The molecule has 108 valence electrons. The minimum Gasteiger partial charge on any atom is -0.454 e. The Hall–Kier alpha value is -1.95. The molecule has 0 radical (unpaired) electrons. The molecular formula is C14H18N2O4. The van der Waals surface area contributed by atoms with Gasteiger partial charge in [-0.2, -0.15) is 0 Å². The van der Waals surface area contributed by atoms with E-state index >= 15 is 0 Å². The Labute approximate surface area is 117 Å². The lowest BCUT2D eigenvalue weighted by molar-refractivity contribution is 0.174. The highest BCUT2D eigenvalue weighted by Crippen LogP contribution is 2.32. The highest BCUT2D eigenvalue weighted by molar-refractivity contribution is 5.73. The van der Waals surface area contributed by atoms with Gasteiger partial charge < -0.3 is 24.8 Å². The summed E-state index contributed by atoms with van der Waals surface area (Å²) in [7, 11) is 0. The summed E-state index contributed by atoms with van der Waals surface area (Å²) in [5.41, 5.74) is 0.980. The monoisotopic (exact) mass is 278 g/mol. The smallest absolute Gasteiger partial charge is 0.315 e. The summed E-state index contributed by atoms with van der Waals surface area (Å²) in [5.74, 6) is 1.92. The van der Waals surface area contributed by atoms with Crippen LogP contribution in [-0.2, 0) is 11.3 Å². The zero-order chi connectivity index (χ0) is 13.8. The molecule has 0 saturated carbocycles. The highest BCUT2D eigenvalue weighted by Gasteiger charge is 2.16. The molecule has 1 aromatic carbocycles. The molecule has 20 heavy (non-hydrogen) atoms. The first-order valence-electron chi connectivity index (χ1n) is 6.79. The SMILES string of the molecule is O=C(NCc1ccc2c(c1)OCO2)NC[C@H]1CCOC1. The summed E-state index contributed by atoms with van der Waals surface area (Å²) >= 11 is 0. The van der Waals surface area contributed by atoms with Crippen molar-refractivity contribution in [2.45, 2.75) is 13.0 Å². The lowest BCUT2D eigenvalue weighted by Gasteiger charge is -2.11. The molecule has 2 amide bonds. The third-order valence-electron chi connectivity index (χ3n) is 3.47. The van der Waals surface area contributed by atoms with Crippen molar-refractivity contribution in [1.82, 2.24) is 10.6 Å². The molecule has 3 rings (SSSR count). The van der Waals surface area contributed by atoms with Crippen LogP contribution >= 0.6 is 0 Å². The number of urea groups is 1. The Morgan fingerprint density at radius 2 is 2.15 bits per heavy atom. The molecule has 1 atom stereocenters. The molecule has 0 unspecified atom stereocenters. The van der Waals surface area contributed by atoms with Gasteiger partial charge in [0.25, 0.3) is 0 Å². The maximum atomic E-state index is 11.7. The molecule has 0 spiro atoms. The number of fused-ring (bicyclic) bond motifs is 1. The van der Waals surface area contributed by atoms with Crippen LogP contribution in [0.1, 0.15) is 12.0 Å². The fraction of sp³-hybridized carbons (Fsp3) is 0.500. The van der Waals surface area contributed by atoms with Gasteiger partial charge >= 0.3 is 6.03 Å². The van der Waals surface area contributed by atoms with Crippen LogP contribution in [0.2, 0.25) is 0 Å². The van der Waals surface area contributed by atoms with Crippen LogP contribution in [0.25, 0.3) is 0 Å². The standard InChI is InChI=1S/C14H18N2O4/c17-14(16-7-11-3-4-18-8-11)15-6-10-1-2-12-13(5-10)20-9-19-12/h1-2,5,11H,3-4,6-9H2,(H2,15,16,17)/t11-/m1/s1. The lowest BCUT2D eigenvalue weighted by atomic mass is 10.1. The van der Waals surface area contributed by atoms with Crippen molar-refractivity contribution in [2.24, 2.45) is 5.92 Å². The van der Waals surface area contributed by atoms with E-state index in [1.54, 1.807) is 0 Å². The van der Waals surface area contributed by atoms with Crippen molar-refractivity contribution in [3.63, 3.8) is 0 Å². The van der Waals surface area contributed by atoms with Gasteiger partial charge in [-0.1, -0.05) is 6.07 Å². The third-order valence-corrected chi connectivity index (χ3v) is 3.47. The predicted molar refractivity (Wildman–Crippen MR) is 71.7 cm³/mol. The van der Waals surface area contributed by atoms with Gasteiger partial charge in [-0.25, -0.2) is 4.79 Å². The van der Waals surface area contributed by atoms with E-state index in [0.717, 1.165) is 36.7 Å². The fourth-order valence-corrected chi connectivity index (χ4v) is 2.28. The second kappa shape index (κ2) is 6.00. The Balaban J connectivity index is 1.43. The summed E-state index contributed by atoms with van der Waals surface area (Å²) in [6.07, 6.45) is 1.02.